The van der Waals surface area contributed by atoms with Gasteiger partial charge >= 0.3 is 0 Å². The molecule has 2 atom stereocenters. The topological polar surface area (TPSA) is 61.6 Å². The lowest BCUT2D eigenvalue weighted by atomic mass is 10.00. The van der Waals surface area contributed by atoms with E-state index < -0.39 is 5.60 Å². The van der Waals surface area contributed by atoms with E-state index >= 15 is 0 Å². The Morgan fingerprint density at radius 3 is 2.95 bits per heavy atom. The molecule has 3 heterocycles. The van der Waals surface area contributed by atoms with Crippen LogP contribution in [0, 0.1) is 0 Å². The zero-order chi connectivity index (χ0) is 15.7. The van der Waals surface area contributed by atoms with Crippen LogP contribution in [0.5, 0.6) is 0 Å². The summed E-state index contributed by atoms with van der Waals surface area (Å²) in [7, 11) is 1.98. The molecule has 0 aromatic carbocycles. The number of piperazine rings is 1. The van der Waals surface area contributed by atoms with Crippen LogP contribution in [-0.2, 0) is 11.8 Å². The number of aryl methyl sites for hydroxylation is 1. The lowest BCUT2D eigenvalue weighted by molar-refractivity contribution is -0.152. The number of nitrogens with zero attached hydrogens (tertiary/aromatic N) is 4. The zero-order valence-corrected chi connectivity index (χ0v) is 14.1. The van der Waals surface area contributed by atoms with Gasteiger partial charge in [-0.2, -0.15) is 11.8 Å². The Balaban J connectivity index is 1.78. The largest absolute Gasteiger partial charge is 0.379 e. The number of amides is 1. The van der Waals surface area contributed by atoms with E-state index in [1.54, 1.807) is 18.0 Å². The maximum atomic E-state index is 12.7. The Hall–Kier alpha value is -1.05. The Bertz CT molecular complexity index is 541. The molecule has 1 aromatic rings. The minimum absolute atomic E-state index is 0.0976. The minimum Gasteiger partial charge on any atom is -0.379 e. The molecule has 0 aliphatic carbocycles. The van der Waals surface area contributed by atoms with Gasteiger partial charge in [-0.3, -0.25) is 9.69 Å². The molecule has 122 valence electrons. The average molecular weight is 324 g/mol. The highest BCUT2D eigenvalue weighted by molar-refractivity contribution is 7.99. The molecule has 3 rings (SSSR count). The summed E-state index contributed by atoms with van der Waals surface area (Å²) in [6.45, 7) is 5.17. The number of aliphatic hydroxyl groups is 1. The smallest absolute Gasteiger partial charge is 0.255 e. The third kappa shape index (κ3) is 2.77. The second-order valence-electron chi connectivity index (χ2n) is 6.13. The molecule has 2 fully saturated rings. The zero-order valence-electron chi connectivity index (χ0n) is 13.2. The van der Waals surface area contributed by atoms with Crippen LogP contribution in [0.15, 0.2) is 12.4 Å². The van der Waals surface area contributed by atoms with Crippen molar-refractivity contribution in [2.24, 2.45) is 7.05 Å². The number of aromatic nitrogens is 2. The molecule has 2 aliphatic rings. The van der Waals surface area contributed by atoms with Crippen LogP contribution in [0.3, 0.4) is 0 Å². The van der Waals surface area contributed by atoms with E-state index in [4.69, 9.17) is 0 Å². The van der Waals surface area contributed by atoms with Crippen LogP contribution in [0.2, 0.25) is 0 Å². The molecule has 0 spiro atoms. The maximum absolute atomic E-state index is 12.7. The summed E-state index contributed by atoms with van der Waals surface area (Å²) >= 11 is 1.66. The van der Waals surface area contributed by atoms with Crippen molar-refractivity contribution in [2.45, 2.75) is 25.0 Å². The molecule has 1 N–H and O–H groups in total. The molecule has 0 bridgehead atoms. The number of hydrogen-bond donors (Lipinski definition) is 1. The first-order chi connectivity index (χ1) is 10.5. The van der Waals surface area contributed by atoms with Crippen molar-refractivity contribution in [1.82, 2.24) is 19.4 Å². The summed E-state index contributed by atoms with van der Waals surface area (Å²) in [6, 6.07) is 0.0976. The molecule has 6 nitrogen and oxygen atoms in total. The molecule has 2 aliphatic heterocycles. The van der Waals surface area contributed by atoms with E-state index in [-0.39, 0.29) is 11.9 Å². The van der Waals surface area contributed by atoms with Crippen molar-refractivity contribution >= 4 is 17.7 Å². The Morgan fingerprint density at radius 1 is 1.55 bits per heavy atom. The van der Waals surface area contributed by atoms with Crippen molar-refractivity contribution < 1.29 is 9.90 Å². The van der Waals surface area contributed by atoms with Gasteiger partial charge in [-0.15, -0.1) is 0 Å². The van der Waals surface area contributed by atoms with E-state index in [9.17, 15) is 9.90 Å². The van der Waals surface area contributed by atoms with Gasteiger partial charge < -0.3 is 14.6 Å². The molecule has 1 aromatic heterocycles. The van der Waals surface area contributed by atoms with E-state index in [0.717, 1.165) is 24.7 Å². The van der Waals surface area contributed by atoms with Gasteiger partial charge in [0.05, 0.1) is 6.04 Å². The van der Waals surface area contributed by atoms with Crippen LogP contribution in [0.1, 0.15) is 25.2 Å². The molecule has 0 saturated carbocycles. The van der Waals surface area contributed by atoms with Gasteiger partial charge in [-0.05, 0) is 18.7 Å². The van der Waals surface area contributed by atoms with Crippen LogP contribution in [0.4, 0.5) is 0 Å². The highest BCUT2D eigenvalue weighted by Gasteiger charge is 2.44. The lowest BCUT2D eigenvalue weighted by Crippen LogP contribution is -2.57. The summed E-state index contributed by atoms with van der Waals surface area (Å²) in [4.78, 5) is 21.4. The molecule has 0 unspecified atom stereocenters. The fourth-order valence-electron chi connectivity index (χ4n) is 3.34. The summed E-state index contributed by atoms with van der Waals surface area (Å²) in [5.41, 5.74) is -1.16. The first-order valence-electron chi connectivity index (χ1n) is 7.86. The Labute approximate surface area is 135 Å². The predicted octanol–water partition coefficient (Wildman–Crippen LogP) is 0.493. The predicted molar refractivity (Wildman–Crippen MR) is 86.7 cm³/mol. The van der Waals surface area contributed by atoms with Gasteiger partial charge in [0, 0.05) is 44.8 Å². The number of thioether (sulfide) groups is 1. The number of imidazole rings is 1. The van der Waals surface area contributed by atoms with Gasteiger partial charge in [-0.1, -0.05) is 6.92 Å². The van der Waals surface area contributed by atoms with Crippen molar-refractivity contribution in [1.29, 1.82) is 0 Å². The number of hydrogen-bond acceptors (Lipinski definition) is 5. The number of carbonyl (C=O) groups is 1. The summed E-state index contributed by atoms with van der Waals surface area (Å²) in [6.07, 6.45) is 4.30. The lowest BCUT2D eigenvalue weighted by Gasteiger charge is -2.42. The molecule has 2 saturated heterocycles. The monoisotopic (exact) mass is 324 g/mol. The van der Waals surface area contributed by atoms with Crippen LogP contribution < -0.4 is 0 Å². The van der Waals surface area contributed by atoms with Gasteiger partial charge in [0.2, 0.25) is 0 Å². The molecular weight excluding hydrogens is 300 g/mol. The van der Waals surface area contributed by atoms with E-state index in [0.29, 0.717) is 25.3 Å². The van der Waals surface area contributed by atoms with E-state index in [2.05, 4.69) is 16.8 Å². The standard InChI is InChI=1S/C15H24N4O2S/c1-3-18-7-8-19(14(20)15(21)4-9-22-11-15)10-12(18)13-16-5-6-17(13)2/h5-6,12,21H,3-4,7-11H2,1-2H3/t12-,15+/m1/s1. The van der Waals surface area contributed by atoms with Crippen LogP contribution in [-0.4, -0.2) is 73.7 Å². The highest BCUT2D eigenvalue weighted by Crippen LogP contribution is 2.32. The molecule has 0 radical (unpaired) electrons. The first kappa shape index (κ1) is 15.8. The van der Waals surface area contributed by atoms with Crippen molar-refractivity contribution in [3.8, 4) is 0 Å². The number of rotatable bonds is 3. The van der Waals surface area contributed by atoms with Gasteiger partial charge in [0.25, 0.3) is 5.91 Å². The number of likely N-dealkylation sites (N-methyl/N-ethyl adjacent to an activating group) is 1. The van der Waals surface area contributed by atoms with Crippen molar-refractivity contribution in [3.63, 3.8) is 0 Å². The maximum Gasteiger partial charge on any atom is 0.255 e. The average Bonchev–Trinajstić information content (AvgIpc) is 3.15. The van der Waals surface area contributed by atoms with E-state index in [1.807, 2.05) is 22.7 Å². The second-order valence-corrected chi connectivity index (χ2v) is 7.23. The fraction of sp³-hybridized carbons (Fsp3) is 0.733. The molecule has 22 heavy (non-hydrogen) atoms. The van der Waals surface area contributed by atoms with Gasteiger partial charge in [-0.25, -0.2) is 4.98 Å². The van der Waals surface area contributed by atoms with E-state index in [1.165, 1.54) is 0 Å². The quantitative estimate of drug-likeness (QED) is 0.877. The summed E-state index contributed by atoms with van der Waals surface area (Å²) < 4.78 is 2.02. The Kier molecular flexibility index (Phi) is 4.47. The third-order valence-electron chi connectivity index (χ3n) is 4.74. The normalized spacial score (nSPS) is 30.0. The first-order valence-corrected chi connectivity index (χ1v) is 9.01. The summed E-state index contributed by atoms with van der Waals surface area (Å²) in [5, 5.41) is 10.6. The van der Waals surface area contributed by atoms with Gasteiger partial charge in [0.1, 0.15) is 5.82 Å². The fourth-order valence-corrected chi connectivity index (χ4v) is 4.58. The molecular formula is C15H24N4O2S. The highest BCUT2D eigenvalue weighted by atomic mass is 32.2. The molecule has 1 amide bonds. The van der Waals surface area contributed by atoms with Gasteiger partial charge in [0.15, 0.2) is 5.60 Å². The van der Waals surface area contributed by atoms with Crippen LogP contribution >= 0.6 is 11.8 Å². The molecule has 7 heteroatoms. The van der Waals surface area contributed by atoms with Crippen molar-refractivity contribution in [2.75, 3.05) is 37.7 Å². The summed E-state index contributed by atoms with van der Waals surface area (Å²) in [5.74, 6) is 2.26. The second kappa shape index (κ2) is 6.22. The minimum atomic E-state index is -1.16. The Morgan fingerprint density at radius 2 is 2.36 bits per heavy atom. The third-order valence-corrected chi connectivity index (χ3v) is 5.91. The van der Waals surface area contributed by atoms with Crippen molar-refractivity contribution in [3.05, 3.63) is 18.2 Å². The van der Waals surface area contributed by atoms with Crippen LogP contribution in [0.25, 0.3) is 0 Å². The SMILES string of the molecule is CCN1CCN(C(=O)[C@]2(O)CCSC2)C[C@@H]1c1nccn1C. The number of carbonyl (C=O) groups excluding carboxylic acids is 1.